The first-order valence-corrected chi connectivity index (χ1v) is 8.58. The third-order valence-corrected chi connectivity index (χ3v) is 4.33. The van der Waals surface area contributed by atoms with Crippen LogP contribution in [0, 0.1) is 0 Å². The third kappa shape index (κ3) is 5.45. The minimum atomic E-state index is -0.556. The number of hydrogen-bond donors (Lipinski definition) is 2. The second kappa shape index (κ2) is 8.80. The quantitative estimate of drug-likeness (QED) is 0.512. The van der Waals surface area contributed by atoms with E-state index in [4.69, 9.17) is 4.74 Å². The Kier molecular flexibility index (Phi) is 7.40. The maximum Gasteiger partial charge on any atom is 0.306 e. The number of carbonyl (C=O) groups excluding carboxylic acids is 1. The molecule has 0 spiro atoms. The van der Waals surface area contributed by atoms with Crippen molar-refractivity contribution in [2.45, 2.75) is 77.7 Å². The third-order valence-electron chi connectivity index (χ3n) is 4.33. The standard InChI is InChI=1S/C19H30O4/c1-5-8-15(7-3)23-18(22)13-19(4,11-6-2)16-12-14(20)9-10-17(16)21/h9-10,12,15,20-21H,5-8,11,13H2,1-4H3. The normalized spacial score (nSPS) is 15.0. The van der Waals surface area contributed by atoms with Crippen molar-refractivity contribution in [2.75, 3.05) is 0 Å². The van der Waals surface area contributed by atoms with Crippen LogP contribution in [0.25, 0.3) is 0 Å². The number of hydrogen-bond acceptors (Lipinski definition) is 4. The number of aromatic hydroxyl groups is 2. The van der Waals surface area contributed by atoms with Crippen LogP contribution in [0.3, 0.4) is 0 Å². The van der Waals surface area contributed by atoms with Crippen LogP contribution < -0.4 is 0 Å². The van der Waals surface area contributed by atoms with Crippen LogP contribution in [-0.2, 0) is 14.9 Å². The molecule has 23 heavy (non-hydrogen) atoms. The largest absolute Gasteiger partial charge is 0.508 e. The predicted octanol–water partition coefficient (Wildman–Crippen LogP) is 4.67. The Balaban J connectivity index is 2.96. The Morgan fingerprint density at radius 3 is 2.48 bits per heavy atom. The van der Waals surface area contributed by atoms with Crippen LogP contribution in [0.5, 0.6) is 11.5 Å². The molecule has 0 saturated carbocycles. The zero-order valence-electron chi connectivity index (χ0n) is 14.8. The second-order valence-electron chi connectivity index (χ2n) is 6.50. The summed E-state index contributed by atoms with van der Waals surface area (Å²) in [6.07, 6.45) is 4.39. The smallest absolute Gasteiger partial charge is 0.306 e. The molecule has 0 radical (unpaired) electrons. The van der Waals surface area contributed by atoms with Crippen molar-refractivity contribution in [3.63, 3.8) is 0 Å². The zero-order chi connectivity index (χ0) is 17.5. The van der Waals surface area contributed by atoms with E-state index >= 15 is 0 Å². The number of rotatable bonds is 9. The maximum atomic E-state index is 12.4. The molecule has 1 aromatic rings. The maximum absolute atomic E-state index is 12.4. The Morgan fingerprint density at radius 1 is 1.22 bits per heavy atom. The van der Waals surface area contributed by atoms with Gasteiger partial charge in [0.2, 0.25) is 0 Å². The fourth-order valence-electron chi connectivity index (χ4n) is 3.09. The van der Waals surface area contributed by atoms with Gasteiger partial charge in [-0.3, -0.25) is 4.79 Å². The molecule has 0 bridgehead atoms. The van der Waals surface area contributed by atoms with Crippen molar-refractivity contribution >= 4 is 5.97 Å². The molecule has 0 fully saturated rings. The molecule has 130 valence electrons. The summed E-state index contributed by atoms with van der Waals surface area (Å²) in [5.41, 5.74) is 0.0407. The lowest BCUT2D eigenvalue weighted by Crippen LogP contribution is -2.29. The molecule has 2 N–H and O–H groups in total. The van der Waals surface area contributed by atoms with E-state index in [1.165, 1.54) is 12.1 Å². The summed E-state index contributed by atoms with van der Waals surface area (Å²) in [7, 11) is 0. The lowest BCUT2D eigenvalue weighted by molar-refractivity contribution is -0.151. The fraction of sp³-hybridized carbons (Fsp3) is 0.632. The number of ether oxygens (including phenoxy) is 1. The molecule has 4 heteroatoms. The van der Waals surface area contributed by atoms with Crippen molar-refractivity contribution in [1.82, 2.24) is 0 Å². The highest BCUT2D eigenvalue weighted by Crippen LogP contribution is 2.40. The minimum absolute atomic E-state index is 0.0452. The van der Waals surface area contributed by atoms with Gasteiger partial charge < -0.3 is 14.9 Å². The average Bonchev–Trinajstić information content (AvgIpc) is 2.49. The second-order valence-corrected chi connectivity index (χ2v) is 6.50. The molecule has 0 aliphatic rings. The van der Waals surface area contributed by atoms with Crippen LogP contribution in [0.1, 0.15) is 71.8 Å². The summed E-state index contributed by atoms with van der Waals surface area (Å²) >= 11 is 0. The molecule has 1 aromatic carbocycles. The van der Waals surface area contributed by atoms with E-state index in [2.05, 4.69) is 6.92 Å². The summed E-state index contributed by atoms with van der Waals surface area (Å²) < 4.78 is 5.59. The van der Waals surface area contributed by atoms with Crippen molar-refractivity contribution in [1.29, 1.82) is 0 Å². The number of phenolic OH excluding ortho intramolecular Hbond substituents is 2. The van der Waals surface area contributed by atoms with Gasteiger partial charge in [-0.15, -0.1) is 0 Å². The molecule has 2 atom stereocenters. The molecule has 4 nitrogen and oxygen atoms in total. The Morgan fingerprint density at radius 2 is 1.91 bits per heavy atom. The highest BCUT2D eigenvalue weighted by molar-refractivity contribution is 5.72. The fourth-order valence-corrected chi connectivity index (χ4v) is 3.09. The van der Waals surface area contributed by atoms with Gasteiger partial charge in [-0.05, 0) is 37.5 Å². The Bertz CT molecular complexity index is 512. The van der Waals surface area contributed by atoms with Crippen LogP contribution in [0.4, 0.5) is 0 Å². The highest BCUT2D eigenvalue weighted by Gasteiger charge is 2.33. The van der Waals surface area contributed by atoms with E-state index in [9.17, 15) is 15.0 Å². The summed E-state index contributed by atoms with van der Waals surface area (Å²) in [6.45, 7) is 8.06. The summed E-state index contributed by atoms with van der Waals surface area (Å²) in [6, 6.07) is 4.45. The summed E-state index contributed by atoms with van der Waals surface area (Å²) in [5.74, 6) is -0.0537. The molecule has 1 rings (SSSR count). The van der Waals surface area contributed by atoms with Crippen molar-refractivity contribution in [2.24, 2.45) is 0 Å². The molecule has 0 saturated heterocycles. The molecule has 0 aliphatic heterocycles. The van der Waals surface area contributed by atoms with Crippen LogP contribution in [0.2, 0.25) is 0 Å². The van der Waals surface area contributed by atoms with Crippen LogP contribution in [0.15, 0.2) is 18.2 Å². The highest BCUT2D eigenvalue weighted by atomic mass is 16.5. The first-order valence-electron chi connectivity index (χ1n) is 8.58. The molecule has 0 aromatic heterocycles. The molecular weight excluding hydrogens is 292 g/mol. The molecule has 0 aliphatic carbocycles. The number of phenols is 2. The van der Waals surface area contributed by atoms with E-state index in [0.29, 0.717) is 5.56 Å². The molecular formula is C19H30O4. The van der Waals surface area contributed by atoms with E-state index < -0.39 is 5.41 Å². The van der Waals surface area contributed by atoms with Crippen LogP contribution in [-0.4, -0.2) is 22.3 Å². The van der Waals surface area contributed by atoms with Gasteiger partial charge in [0.25, 0.3) is 0 Å². The summed E-state index contributed by atoms with van der Waals surface area (Å²) in [5, 5.41) is 19.9. The van der Waals surface area contributed by atoms with Gasteiger partial charge in [0.1, 0.15) is 17.6 Å². The SMILES string of the molecule is CCCC(CC)OC(=O)CC(C)(CCC)c1cc(O)ccc1O. The first kappa shape index (κ1) is 19.3. The lowest BCUT2D eigenvalue weighted by atomic mass is 9.75. The van der Waals surface area contributed by atoms with Gasteiger partial charge in [0, 0.05) is 11.0 Å². The lowest BCUT2D eigenvalue weighted by Gasteiger charge is -2.30. The molecule has 0 heterocycles. The van der Waals surface area contributed by atoms with Crippen molar-refractivity contribution in [3.05, 3.63) is 23.8 Å². The van der Waals surface area contributed by atoms with E-state index in [0.717, 1.165) is 32.1 Å². The first-order chi connectivity index (χ1) is 10.9. The van der Waals surface area contributed by atoms with Crippen molar-refractivity contribution < 1.29 is 19.7 Å². The Hall–Kier alpha value is -1.71. The minimum Gasteiger partial charge on any atom is -0.508 e. The summed E-state index contributed by atoms with van der Waals surface area (Å²) in [4.78, 5) is 12.4. The predicted molar refractivity (Wildman–Crippen MR) is 91.7 cm³/mol. The van der Waals surface area contributed by atoms with Gasteiger partial charge in [0.15, 0.2) is 0 Å². The topological polar surface area (TPSA) is 66.8 Å². The van der Waals surface area contributed by atoms with Gasteiger partial charge in [-0.2, -0.15) is 0 Å². The van der Waals surface area contributed by atoms with Gasteiger partial charge in [-0.1, -0.05) is 40.5 Å². The van der Waals surface area contributed by atoms with Gasteiger partial charge in [0.05, 0.1) is 6.42 Å². The van der Waals surface area contributed by atoms with Gasteiger partial charge in [-0.25, -0.2) is 0 Å². The van der Waals surface area contributed by atoms with E-state index in [-0.39, 0.29) is 30.0 Å². The Labute approximate surface area is 139 Å². The molecule has 2 unspecified atom stereocenters. The van der Waals surface area contributed by atoms with Crippen molar-refractivity contribution in [3.8, 4) is 11.5 Å². The number of benzene rings is 1. The number of carbonyl (C=O) groups is 1. The van der Waals surface area contributed by atoms with E-state index in [1.54, 1.807) is 6.07 Å². The zero-order valence-corrected chi connectivity index (χ0v) is 14.8. The van der Waals surface area contributed by atoms with Crippen LogP contribution >= 0.6 is 0 Å². The monoisotopic (exact) mass is 322 g/mol. The van der Waals surface area contributed by atoms with E-state index in [1.807, 2.05) is 20.8 Å². The van der Waals surface area contributed by atoms with Gasteiger partial charge >= 0.3 is 5.97 Å². The molecule has 0 amide bonds. The number of esters is 1. The average molecular weight is 322 g/mol.